The topological polar surface area (TPSA) is 82.7 Å². The number of rotatable bonds is 2. The summed E-state index contributed by atoms with van der Waals surface area (Å²) in [5.41, 5.74) is 0.652. The highest BCUT2D eigenvalue weighted by Gasteiger charge is 2.26. The summed E-state index contributed by atoms with van der Waals surface area (Å²) in [6, 6.07) is 0.122. The second-order valence-electron chi connectivity index (χ2n) is 4.46. The third kappa shape index (κ3) is 1.79. The van der Waals surface area contributed by atoms with Gasteiger partial charge in [-0.3, -0.25) is 4.90 Å². The number of fused-ring (bicyclic) bond motifs is 1. The molecule has 0 aliphatic carbocycles. The standard InChI is InChI=1S/C10H15N7O/c1-15-4-5-16(6-8(15)7-18)9-10-12-13-14-17(10)3-2-11-9/h2-3,8,18H,4-7H2,1H3. The number of hydrogen-bond acceptors (Lipinski definition) is 7. The van der Waals surface area contributed by atoms with E-state index in [0.717, 1.165) is 25.5 Å². The molecule has 1 aliphatic rings. The predicted octanol–water partition coefficient (Wildman–Crippen LogP) is -1.37. The molecule has 0 saturated carbocycles. The van der Waals surface area contributed by atoms with Crippen molar-refractivity contribution in [3.05, 3.63) is 12.4 Å². The highest BCUT2D eigenvalue weighted by atomic mass is 16.3. The lowest BCUT2D eigenvalue weighted by Gasteiger charge is -2.38. The van der Waals surface area contributed by atoms with Crippen molar-refractivity contribution in [1.29, 1.82) is 0 Å². The molecule has 1 N–H and O–H groups in total. The van der Waals surface area contributed by atoms with E-state index in [0.29, 0.717) is 5.65 Å². The Balaban J connectivity index is 1.93. The molecule has 3 heterocycles. The number of tetrazole rings is 1. The summed E-state index contributed by atoms with van der Waals surface area (Å²) in [6.45, 7) is 2.61. The lowest BCUT2D eigenvalue weighted by molar-refractivity contribution is 0.135. The summed E-state index contributed by atoms with van der Waals surface area (Å²) >= 11 is 0. The van der Waals surface area contributed by atoms with Crippen LogP contribution in [0.3, 0.4) is 0 Å². The molecule has 0 bridgehead atoms. The number of likely N-dealkylation sites (N-methyl/N-ethyl adjacent to an activating group) is 1. The van der Waals surface area contributed by atoms with Gasteiger partial charge in [-0.1, -0.05) is 0 Å². The lowest BCUT2D eigenvalue weighted by Crippen LogP contribution is -2.53. The van der Waals surface area contributed by atoms with Gasteiger partial charge in [0.2, 0.25) is 5.65 Å². The van der Waals surface area contributed by atoms with Crippen LogP contribution in [0.2, 0.25) is 0 Å². The molecular weight excluding hydrogens is 234 g/mol. The third-order valence-electron chi connectivity index (χ3n) is 3.38. The van der Waals surface area contributed by atoms with Crippen LogP contribution < -0.4 is 4.90 Å². The zero-order valence-electron chi connectivity index (χ0n) is 10.1. The van der Waals surface area contributed by atoms with Gasteiger partial charge < -0.3 is 10.0 Å². The number of hydrogen-bond donors (Lipinski definition) is 1. The molecule has 8 nitrogen and oxygen atoms in total. The Bertz CT molecular complexity index is 542. The zero-order valence-corrected chi connectivity index (χ0v) is 10.1. The molecule has 2 aromatic heterocycles. The van der Waals surface area contributed by atoms with Gasteiger partial charge in [-0.05, 0) is 17.5 Å². The summed E-state index contributed by atoms with van der Waals surface area (Å²) < 4.78 is 1.61. The van der Waals surface area contributed by atoms with Gasteiger partial charge in [-0.15, -0.1) is 5.10 Å². The number of piperazine rings is 1. The Morgan fingerprint density at radius 3 is 3.17 bits per heavy atom. The van der Waals surface area contributed by atoms with Gasteiger partial charge in [0.15, 0.2) is 5.82 Å². The van der Waals surface area contributed by atoms with E-state index >= 15 is 0 Å². The summed E-state index contributed by atoms with van der Waals surface area (Å²) in [5, 5.41) is 20.9. The maximum Gasteiger partial charge on any atom is 0.221 e. The van der Waals surface area contributed by atoms with E-state index in [1.807, 2.05) is 7.05 Å². The van der Waals surface area contributed by atoms with Crippen LogP contribution in [0.1, 0.15) is 0 Å². The molecule has 1 aliphatic heterocycles. The molecule has 1 unspecified atom stereocenters. The average Bonchev–Trinajstić information content (AvgIpc) is 2.87. The Morgan fingerprint density at radius 2 is 2.33 bits per heavy atom. The van der Waals surface area contributed by atoms with Gasteiger partial charge in [0.05, 0.1) is 18.8 Å². The van der Waals surface area contributed by atoms with Gasteiger partial charge in [0.1, 0.15) is 0 Å². The molecule has 0 amide bonds. The van der Waals surface area contributed by atoms with Crippen molar-refractivity contribution in [3.63, 3.8) is 0 Å². The van der Waals surface area contributed by atoms with E-state index in [4.69, 9.17) is 0 Å². The average molecular weight is 249 g/mol. The van der Waals surface area contributed by atoms with Gasteiger partial charge in [0, 0.05) is 25.8 Å². The predicted molar refractivity (Wildman–Crippen MR) is 64.3 cm³/mol. The number of aromatic nitrogens is 5. The maximum atomic E-state index is 9.37. The van der Waals surface area contributed by atoms with Crippen molar-refractivity contribution >= 4 is 11.5 Å². The zero-order chi connectivity index (χ0) is 12.5. The van der Waals surface area contributed by atoms with Crippen LogP contribution >= 0.6 is 0 Å². The fourth-order valence-corrected chi connectivity index (χ4v) is 2.22. The number of nitrogens with zero attached hydrogens (tertiary/aromatic N) is 7. The van der Waals surface area contributed by atoms with Crippen LogP contribution in [0, 0.1) is 0 Å². The number of aliphatic hydroxyl groups is 1. The molecule has 18 heavy (non-hydrogen) atoms. The second kappa shape index (κ2) is 4.46. The monoisotopic (exact) mass is 249 g/mol. The van der Waals surface area contributed by atoms with Crippen LogP contribution in [0.15, 0.2) is 12.4 Å². The number of aliphatic hydroxyl groups excluding tert-OH is 1. The minimum atomic E-state index is 0.122. The molecule has 1 atom stereocenters. The second-order valence-corrected chi connectivity index (χ2v) is 4.46. The fourth-order valence-electron chi connectivity index (χ4n) is 2.22. The highest BCUT2D eigenvalue weighted by molar-refractivity contribution is 5.62. The largest absolute Gasteiger partial charge is 0.395 e. The normalized spacial score (nSPS) is 21.7. The van der Waals surface area contributed by atoms with Crippen molar-refractivity contribution in [2.75, 3.05) is 38.2 Å². The van der Waals surface area contributed by atoms with Crippen molar-refractivity contribution in [2.24, 2.45) is 0 Å². The third-order valence-corrected chi connectivity index (χ3v) is 3.38. The molecule has 1 saturated heterocycles. The molecule has 96 valence electrons. The molecule has 8 heteroatoms. The fraction of sp³-hybridized carbons (Fsp3) is 0.600. The van der Waals surface area contributed by atoms with Crippen molar-refractivity contribution < 1.29 is 5.11 Å². The van der Waals surface area contributed by atoms with Crippen LogP contribution in [-0.2, 0) is 0 Å². The van der Waals surface area contributed by atoms with Gasteiger partial charge in [-0.25, -0.2) is 4.98 Å². The molecule has 0 aromatic carbocycles. The Labute approximate surface area is 104 Å². The quantitative estimate of drug-likeness (QED) is 0.703. The summed E-state index contributed by atoms with van der Waals surface area (Å²) in [5.74, 6) is 0.772. The van der Waals surface area contributed by atoms with Crippen LogP contribution in [-0.4, -0.2) is 74.4 Å². The van der Waals surface area contributed by atoms with E-state index in [1.54, 1.807) is 16.9 Å². The summed E-state index contributed by atoms with van der Waals surface area (Å²) in [4.78, 5) is 8.63. The minimum Gasteiger partial charge on any atom is -0.395 e. The first-order valence-electron chi connectivity index (χ1n) is 5.88. The molecule has 2 aromatic rings. The first kappa shape index (κ1) is 11.3. The first-order valence-corrected chi connectivity index (χ1v) is 5.88. The number of anilines is 1. The summed E-state index contributed by atoms with van der Waals surface area (Å²) in [7, 11) is 2.02. The van der Waals surface area contributed by atoms with E-state index < -0.39 is 0 Å². The molecule has 1 fully saturated rings. The van der Waals surface area contributed by atoms with Gasteiger partial charge in [0.25, 0.3) is 0 Å². The van der Waals surface area contributed by atoms with Crippen molar-refractivity contribution in [2.45, 2.75) is 6.04 Å². The highest BCUT2D eigenvalue weighted by Crippen LogP contribution is 2.19. The lowest BCUT2D eigenvalue weighted by atomic mass is 10.2. The Kier molecular flexibility index (Phi) is 2.80. The van der Waals surface area contributed by atoms with E-state index in [-0.39, 0.29) is 12.6 Å². The maximum absolute atomic E-state index is 9.37. The van der Waals surface area contributed by atoms with Crippen LogP contribution in [0.25, 0.3) is 5.65 Å². The SMILES string of the molecule is CN1CCN(c2nccn3nnnc23)CC1CO. The first-order chi connectivity index (χ1) is 8.79. The Hall–Kier alpha value is -1.80. The molecule has 0 spiro atoms. The van der Waals surface area contributed by atoms with Crippen LogP contribution in [0.4, 0.5) is 5.82 Å². The smallest absolute Gasteiger partial charge is 0.221 e. The molecule has 3 rings (SSSR count). The minimum absolute atomic E-state index is 0.122. The van der Waals surface area contributed by atoms with Crippen molar-refractivity contribution in [1.82, 2.24) is 29.9 Å². The van der Waals surface area contributed by atoms with Crippen molar-refractivity contribution in [3.8, 4) is 0 Å². The Morgan fingerprint density at radius 1 is 1.44 bits per heavy atom. The molecular formula is C10H15N7O. The van der Waals surface area contributed by atoms with E-state index in [1.165, 1.54) is 0 Å². The van der Waals surface area contributed by atoms with E-state index in [2.05, 4.69) is 30.3 Å². The summed E-state index contributed by atoms with van der Waals surface area (Å²) in [6.07, 6.45) is 3.41. The molecule has 0 radical (unpaired) electrons. The van der Waals surface area contributed by atoms with Crippen LogP contribution in [0.5, 0.6) is 0 Å². The van der Waals surface area contributed by atoms with Gasteiger partial charge in [-0.2, -0.15) is 4.52 Å². The van der Waals surface area contributed by atoms with E-state index in [9.17, 15) is 5.11 Å². The van der Waals surface area contributed by atoms with Gasteiger partial charge >= 0.3 is 0 Å².